The van der Waals surface area contributed by atoms with Gasteiger partial charge in [-0.25, -0.2) is 4.68 Å². The smallest absolute Gasteiger partial charge is 0.405 e. The Labute approximate surface area is 276 Å². The first-order chi connectivity index (χ1) is 22.3. The number of benzene rings is 1. The van der Waals surface area contributed by atoms with Crippen LogP contribution >= 0.6 is 11.6 Å². The molecule has 0 aliphatic carbocycles. The van der Waals surface area contributed by atoms with E-state index in [1.165, 1.54) is 43.0 Å². The average molecular weight is 709 g/mol. The van der Waals surface area contributed by atoms with Crippen LogP contribution in [0.15, 0.2) is 65.7 Å². The Balaban J connectivity index is 1.72. The fourth-order valence-electron chi connectivity index (χ4n) is 5.25. The lowest BCUT2D eigenvalue weighted by Gasteiger charge is -2.31. The van der Waals surface area contributed by atoms with Crippen LogP contribution in [0.1, 0.15) is 52.3 Å². The molecule has 48 heavy (non-hydrogen) atoms. The Hall–Kier alpha value is -4.41. The van der Waals surface area contributed by atoms with Crippen molar-refractivity contribution in [3.05, 3.63) is 99.9 Å². The molecule has 0 N–H and O–H groups in total. The fraction of sp³-hybridized carbons (Fsp3) is 0.290. The van der Waals surface area contributed by atoms with Crippen molar-refractivity contribution in [2.75, 3.05) is 0 Å². The molecule has 0 unspecified atom stereocenters. The van der Waals surface area contributed by atoms with Gasteiger partial charge < -0.3 is 8.95 Å². The molecule has 0 saturated carbocycles. The first-order valence-corrected chi connectivity index (χ1v) is 18.0. The van der Waals surface area contributed by atoms with Crippen molar-refractivity contribution < 1.29 is 40.1 Å². The van der Waals surface area contributed by atoms with Crippen LogP contribution in [0.3, 0.4) is 0 Å². The second-order valence-electron chi connectivity index (χ2n) is 12.2. The van der Waals surface area contributed by atoms with E-state index < -0.39 is 49.7 Å². The van der Waals surface area contributed by atoms with Gasteiger partial charge in [-0.3, -0.25) is 14.8 Å². The molecule has 252 valence electrons. The van der Waals surface area contributed by atoms with Gasteiger partial charge in [-0.05, 0) is 75.5 Å². The predicted octanol–water partition coefficient (Wildman–Crippen LogP) is 8.45. The Bertz CT molecular complexity index is 1940. The molecule has 0 atom stereocenters. The van der Waals surface area contributed by atoms with E-state index in [1.807, 2.05) is 19.6 Å². The molecule has 4 heterocycles. The molecule has 5 aromatic rings. The maximum absolute atomic E-state index is 14.6. The fourth-order valence-corrected chi connectivity index (χ4v) is 7.08. The van der Waals surface area contributed by atoms with Crippen molar-refractivity contribution >= 4 is 25.7 Å². The minimum atomic E-state index is -5.06. The van der Waals surface area contributed by atoms with Gasteiger partial charge in [-0.2, -0.15) is 26.3 Å². The quantitative estimate of drug-likeness (QED) is 0.0853. The normalized spacial score (nSPS) is 12.8. The van der Waals surface area contributed by atoms with Gasteiger partial charge in [0.1, 0.15) is 17.0 Å². The highest BCUT2D eigenvalue weighted by atomic mass is 35.5. The summed E-state index contributed by atoms with van der Waals surface area (Å²) in [5, 5.41) is 12.5. The molecule has 0 fully saturated rings. The number of nitrogens with zero attached hydrogens (tertiary/aromatic N) is 6. The molecule has 0 saturated heterocycles. The zero-order chi connectivity index (χ0) is 35.2. The summed E-state index contributed by atoms with van der Waals surface area (Å²) in [5.41, 5.74) is -4.28. The Morgan fingerprint density at radius 1 is 0.938 bits per heavy atom. The highest BCUT2D eigenvalue weighted by Crippen LogP contribution is 2.40. The summed E-state index contributed by atoms with van der Waals surface area (Å²) < 4.78 is 95.0. The topological polar surface area (TPSA) is 109 Å². The number of hydrogen-bond donors (Lipinski definition) is 0. The molecule has 0 aliphatic rings. The van der Waals surface area contributed by atoms with Gasteiger partial charge >= 0.3 is 12.4 Å². The van der Waals surface area contributed by atoms with Crippen molar-refractivity contribution in [1.29, 1.82) is 0 Å². The molecule has 0 aliphatic heterocycles. The van der Waals surface area contributed by atoms with E-state index in [0.29, 0.717) is 23.3 Å². The molecule has 0 radical (unpaired) electrons. The lowest BCUT2D eigenvalue weighted by Crippen LogP contribution is -2.37. The average Bonchev–Trinajstić information content (AvgIpc) is 3.61. The van der Waals surface area contributed by atoms with Crippen LogP contribution in [0, 0.1) is 0 Å². The van der Waals surface area contributed by atoms with Gasteiger partial charge in [-0.15, -0.1) is 5.10 Å². The SMILES string of the molecule is CC(C)(O[Si](C)(C)C)c1onc(-c2ccncc2Cl)c1C(=O)c1nnn(Cc2cc(C(F)(F)F)cc(C(F)(F)F)c2)c1-c1ccncc1. The highest BCUT2D eigenvalue weighted by molar-refractivity contribution is 6.69. The largest absolute Gasteiger partial charge is 0.416 e. The summed E-state index contributed by atoms with van der Waals surface area (Å²) in [6.45, 7) is 8.63. The van der Waals surface area contributed by atoms with Crippen LogP contribution in [0.4, 0.5) is 26.3 Å². The summed E-state index contributed by atoms with van der Waals surface area (Å²) in [6, 6.07) is 5.73. The minimum Gasteiger partial charge on any atom is -0.405 e. The minimum absolute atomic E-state index is 0.00350. The van der Waals surface area contributed by atoms with E-state index in [0.717, 1.165) is 4.68 Å². The highest BCUT2D eigenvalue weighted by Gasteiger charge is 2.41. The van der Waals surface area contributed by atoms with Crippen LogP contribution in [-0.4, -0.2) is 44.2 Å². The molecule has 5 rings (SSSR count). The maximum Gasteiger partial charge on any atom is 0.416 e. The number of aromatic nitrogens is 6. The van der Waals surface area contributed by atoms with Gasteiger partial charge in [0.25, 0.3) is 0 Å². The van der Waals surface area contributed by atoms with Crippen molar-refractivity contribution in [3.63, 3.8) is 0 Å². The molecule has 17 heteroatoms. The van der Waals surface area contributed by atoms with Gasteiger partial charge in [-0.1, -0.05) is 22.0 Å². The number of halogens is 7. The molecule has 0 bridgehead atoms. The zero-order valence-electron chi connectivity index (χ0n) is 26.0. The maximum atomic E-state index is 14.6. The third kappa shape index (κ3) is 7.34. The lowest BCUT2D eigenvalue weighted by atomic mass is 9.93. The van der Waals surface area contributed by atoms with Crippen LogP contribution in [0.25, 0.3) is 22.5 Å². The van der Waals surface area contributed by atoms with Gasteiger partial charge in [0, 0.05) is 35.9 Å². The summed E-state index contributed by atoms with van der Waals surface area (Å²) in [4.78, 5) is 22.6. The molecule has 0 amide bonds. The number of carbonyl (C=O) groups excluding carboxylic acids is 1. The molecule has 0 spiro atoms. The second-order valence-corrected chi connectivity index (χ2v) is 17.1. The first-order valence-electron chi connectivity index (χ1n) is 14.2. The van der Waals surface area contributed by atoms with Crippen LogP contribution in [0.2, 0.25) is 24.7 Å². The number of carbonyl (C=O) groups is 1. The van der Waals surface area contributed by atoms with Crippen molar-refractivity contribution in [2.24, 2.45) is 0 Å². The van der Waals surface area contributed by atoms with Crippen LogP contribution in [0.5, 0.6) is 0 Å². The number of alkyl halides is 6. The van der Waals surface area contributed by atoms with Crippen molar-refractivity contribution in [2.45, 2.75) is 58.0 Å². The summed E-state index contributed by atoms with van der Waals surface area (Å²) in [7, 11) is -2.27. The summed E-state index contributed by atoms with van der Waals surface area (Å²) >= 11 is 6.44. The van der Waals surface area contributed by atoms with Crippen molar-refractivity contribution in [1.82, 2.24) is 30.1 Å². The van der Waals surface area contributed by atoms with E-state index >= 15 is 0 Å². The third-order valence-corrected chi connectivity index (χ3v) is 8.36. The number of hydrogen-bond acceptors (Lipinski definition) is 8. The molecule has 1 aromatic carbocycles. The van der Waals surface area contributed by atoms with E-state index in [-0.39, 0.29) is 45.1 Å². The zero-order valence-corrected chi connectivity index (χ0v) is 27.8. The second kappa shape index (κ2) is 12.6. The number of ketones is 1. The Kier molecular flexibility index (Phi) is 9.13. The van der Waals surface area contributed by atoms with Crippen LogP contribution < -0.4 is 0 Å². The predicted molar refractivity (Wildman–Crippen MR) is 164 cm³/mol. The van der Waals surface area contributed by atoms with Gasteiger partial charge in [0.05, 0.1) is 28.3 Å². The van der Waals surface area contributed by atoms with Gasteiger partial charge in [0.15, 0.2) is 19.8 Å². The molecular weight excluding hydrogens is 682 g/mol. The monoisotopic (exact) mass is 708 g/mol. The standard InChI is InChI=1S/C31H27ClF6N6O3Si/c1-29(2,47-48(3,4)5)28-23(24(42-46-28)21-8-11-40-15-22(21)32)27(45)25-26(18-6-9-39-10-7-18)44(43-41-25)16-17-12-19(30(33,34)35)14-20(13-17)31(36,37)38/h6-15H,16H2,1-5H3. The summed E-state index contributed by atoms with van der Waals surface area (Å²) in [6.07, 6.45) is -4.54. The van der Waals surface area contributed by atoms with E-state index in [4.69, 9.17) is 20.6 Å². The van der Waals surface area contributed by atoms with Gasteiger partial charge in [0.2, 0.25) is 5.78 Å². The number of pyridine rings is 2. The van der Waals surface area contributed by atoms with E-state index in [2.05, 4.69) is 25.4 Å². The number of rotatable bonds is 9. The van der Waals surface area contributed by atoms with E-state index in [1.54, 1.807) is 13.8 Å². The van der Waals surface area contributed by atoms with Crippen molar-refractivity contribution in [3.8, 4) is 22.5 Å². The molecular formula is C31H27ClF6N6O3Si. The molecule has 9 nitrogen and oxygen atoms in total. The molecule has 4 aromatic heterocycles. The Morgan fingerprint density at radius 2 is 1.54 bits per heavy atom. The van der Waals surface area contributed by atoms with Crippen LogP contribution in [-0.2, 0) is 28.9 Å². The lowest BCUT2D eigenvalue weighted by molar-refractivity contribution is -0.143. The first kappa shape index (κ1) is 34.9. The Morgan fingerprint density at radius 3 is 2.10 bits per heavy atom. The van der Waals surface area contributed by atoms with E-state index in [9.17, 15) is 31.1 Å². The summed E-state index contributed by atoms with van der Waals surface area (Å²) in [5.74, 6) is -0.722. The third-order valence-electron chi connectivity index (χ3n) is 6.94.